The summed E-state index contributed by atoms with van der Waals surface area (Å²) in [5, 5.41) is 13.6. The van der Waals surface area contributed by atoms with Crippen molar-refractivity contribution in [3.05, 3.63) is 28.8 Å². The molecule has 0 aliphatic rings. The van der Waals surface area contributed by atoms with Crippen molar-refractivity contribution >= 4 is 23.4 Å². The van der Waals surface area contributed by atoms with E-state index in [2.05, 4.69) is 25.2 Å². The largest absolute Gasteiger partial charge is 0.396 e. The highest BCUT2D eigenvalue weighted by molar-refractivity contribution is 8.00. The molecule has 1 unspecified atom stereocenters. The van der Waals surface area contributed by atoms with Crippen molar-refractivity contribution in [2.45, 2.75) is 43.4 Å². The molecule has 4 heteroatoms. The number of aliphatic hydroxyl groups is 1. The van der Waals surface area contributed by atoms with Crippen LogP contribution >= 0.6 is 23.4 Å². The quantitative estimate of drug-likeness (QED) is 0.565. The van der Waals surface area contributed by atoms with Crippen LogP contribution in [0.4, 0.5) is 0 Å². The van der Waals surface area contributed by atoms with Gasteiger partial charge in [0.15, 0.2) is 0 Å². The number of halogens is 1. The van der Waals surface area contributed by atoms with Crippen LogP contribution in [0.2, 0.25) is 5.02 Å². The van der Waals surface area contributed by atoms with Gasteiger partial charge in [-0.3, -0.25) is 0 Å². The fourth-order valence-electron chi connectivity index (χ4n) is 1.67. The molecule has 0 aromatic heterocycles. The van der Waals surface area contributed by atoms with Gasteiger partial charge in [0.2, 0.25) is 0 Å². The highest BCUT2D eigenvalue weighted by Gasteiger charge is 2.10. The highest BCUT2D eigenvalue weighted by Crippen LogP contribution is 2.32. The molecule has 2 N–H and O–H groups in total. The second-order valence-electron chi connectivity index (χ2n) is 4.33. The predicted molar refractivity (Wildman–Crippen MR) is 80.5 cm³/mol. The Kier molecular flexibility index (Phi) is 7.75. The van der Waals surface area contributed by atoms with Gasteiger partial charge in [0.25, 0.3) is 0 Å². The molecule has 1 aromatic rings. The van der Waals surface area contributed by atoms with E-state index in [1.807, 2.05) is 12.1 Å². The maximum absolute atomic E-state index is 8.96. The minimum absolute atomic E-state index is 0.234. The van der Waals surface area contributed by atoms with Crippen LogP contribution in [-0.2, 0) is 6.54 Å². The van der Waals surface area contributed by atoms with E-state index >= 15 is 0 Å². The Hall–Kier alpha value is -0.220. The Balaban J connectivity index is 2.73. The Labute approximate surface area is 119 Å². The maximum atomic E-state index is 8.96. The van der Waals surface area contributed by atoms with E-state index in [-0.39, 0.29) is 6.61 Å². The van der Waals surface area contributed by atoms with Gasteiger partial charge in [-0.1, -0.05) is 31.5 Å². The molecular weight excluding hydrogens is 266 g/mol. The van der Waals surface area contributed by atoms with E-state index < -0.39 is 0 Å². The van der Waals surface area contributed by atoms with Crippen molar-refractivity contribution < 1.29 is 5.11 Å². The lowest BCUT2D eigenvalue weighted by Crippen LogP contribution is -2.15. The smallest absolute Gasteiger partial charge is 0.0462 e. The van der Waals surface area contributed by atoms with E-state index in [1.165, 1.54) is 10.5 Å². The minimum Gasteiger partial charge on any atom is -0.396 e. The molecule has 0 saturated carbocycles. The summed E-state index contributed by atoms with van der Waals surface area (Å²) in [5.74, 6) is 0. The van der Waals surface area contributed by atoms with Gasteiger partial charge in [-0.15, -0.1) is 11.8 Å². The Morgan fingerprint density at radius 3 is 2.89 bits per heavy atom. The molecule has 1 rings (SSSR count). The summed E-state index contributed by atoms with van der Waals surface area (Å²) in [6, 6.07) is 6.03. The second-order valence-corrected chi connectivity index (χ2v) is 6.22. The number of benzene rings is 1. The van der Waals surface area contributed by atoms with Crippen molar-refractivity contribution in [3.63, 3.8) is 0 Å². The lowest BCUT2D eigenvalue weighted by molar-refractivity contribution is 0.289. The fourth-order valence-corrected chi connectivity index (χ4v) is 3.10. The second kappa shape index (κ2) is 8.81. The van der Waals surface area contributed by atoms with E-state index in [0.29, 0.717) is 5.25 Å². The SMILES string of the molecule is CCCNCc1c(Cl)cccc1SC(C)CCO. The summed E-state index contributed by atoms with van der Waals surface area (Å²) < 4.78 is 0. The van der Waals surface area contributed by atoms with Gasteiger partial charge in [0.1, 0.15) is 0 Å². The van der Waals surface area contributed by atoms with Crippen LogP contribution in [0.15, 0.2) is 23.1 Å². The molecule has 0 fully saturated rings. The molecule has 1 atom stereocenters. The van der Waals surface area contributed by atoms with E-state index in [0.717, 1.165) is 31.0 Å². The van der Waals surface area contributed by atoms with Crippen LogP contribution in [0.1, 0.15) is 32.3 Å². The van der Waals surface area contributed by atoms with Crippen LogP contribution in [0.25, 0.3) is 0 Å². The highest BCUT2D eigenvalue weighted by atomic mass is 35.5. The number of hydrogen-bond acceptors (Lipinski definition) is 3. The van der Waals surface area contributed by atoms with Gasteiger partial charge in [-0.2, -0.15) is 0 Å². The summed E-state index contributed by atoms with van der Waals surface area (Å²) in [6.45, 7) is 6.32. The zero-order chi connectivity index (χ0) is 13.4. The van der Waals surface area contributed by atoms with Crippen molar-refractivity contribution in [1.29, 1.82) is 0 Å². The van der Waals surface area contributed by atoms with Crippen molar-refractivity contribution in [2.75, 3.05) is 13.2 Å². The monoisotopic (exact) mass is 287 g/mol. The third-order valence-electron chi connectivity index (χ3n) is 2.67. The zero-order valence-electron chi connectivity index (χ0n) is 11.1. The molecule has 102 valence electrons. The van der Waals surface area contributed by atoms with Crippen LogP contribution in [0.5, 0.6) is 0 Å². The fraction of sp³-hybridized carbons (Fsp3) is 0.571. The summed E-state index contributed by atoms with van der Waals surface area (Å²) in [6.07, 6.45) is 1.92. The number of nitrogens with one attached hydrogen (secondary N) is 1. The third kappa shape index (κ3) is 5.19. The first-order valence-electron chi connectivity index (χ1n) is 6.44. The van der Waals surface area contributed by atoms with Crippen LogP contribution in [0.3, 0.4) is 0 Å². The average molecular weight is 288 g/mol. The predicted octanol–water partition coefficient (Wildman–Crippen LogP) is 3.70. The van der Waals surface area contributed by atoms with Crippen molar-refractivity contribution in [2.24, 2.45) is 0 Å². The molecule has 0 radical (unpaired) electrons. The van der Waals surface area contributed by atoms with E-state index in [4.69, 9.17) is 16.7 Å². The third-order valence-corrected chi connectivity index (χ3v) is 4.30. The minimum atomic E-state index is 0.234. The average Bonchev–Trinajstić information content (AvgIpc) is 2.33. The van der Waals surface area contributed by atoms with Gasteiger partial charge < -0.3 is 10.4 Å². The van der Waals surface area contributed by atoms with Crippen LogP contribution in [-0.4, -0.2) is 23.5 Å². The van der Waals surface area contributed by atoms with Gasteiger partial charge in [-0.25, -0.2) is 0 Å². The molecule has 18 heavy (non-hydrogen) atoms. The molecule has 0 amide bonds. The van der Waals surface area contributed by atoms with E-state index in [9.17, 15) is 0 Å². The first-order valence-corrected chi connectivity index (χ1v) is 7.70. The number of aliphatic hydroxyl groups excluding tert-OH is 1. The van der Waals surface area contributed by atoms with Gasteiger partial charge in [0.05, 0.1) is 0 Å². The van der Waals surface area contributed by atoms with Gasteiger partial charge in [-0.05, 0) is 37.1 Å². The van der Waals surface area contributed by atoms with Crippen molar-refractivity contribution in [3.8, 4) is 0 Å². The lowest BCUT2D eigenvalue weighted by Gasteiger charge is -2.15. The molecule has 0 aliphatic heterocycles. The topological polar surface area (TPSA) is 32.3 Å². The number of thioether (sulfide) groups is 1. The molecule has 0 spiro atoms. The Morgan fingerprint density at radius 2 is 2.22 bits per heavy atom. The molecule has 0 heterocycles. The standard InChI is InChI=1S/C14H22ClNOS/c1-3-8-16-10-12-13(15)5-4-6-14(12)18-11(2)7-9-17/h4-6,11,16-17H,3,7-10H2,1-2H3. The zero-order valence-corrected chi connectivity index (χ0v) is 12.7. The summed E-state index contributed by atoms with van der Waals surface area (Å²) in [7, 11) is 0. The normalized spacial score (nSPS) is 12.7. The van der Waals surface area contributed by atoms with Crippen LogP contribution < -0.4 is 5.32 Å². The maximum Gasteiger partial charge on any atom is 0.0462 e. The lowest BCUT2D eigenvalue weighted by atomic mass is 10.2. The van der Waals surface area contributed by atoms with Crippen molar-refractivity contribution in [1.82, 2.24) is 5.32 Å². The number of rotatable bonds is 8. The van der Waals surface area contributed by atoms with E-state index in [1.54, 1.807) is 11.8 Å². The first kappa shape index (κ1) is 15.8. The Bertz CT molecular complexity index is 360. The number of hydrogen-bond donors (Lipinski definition) is 2. The molecule has 0 saturated heterocycles. The first-order chi connectivity index (χ1) is 8.69. The van der Waals surface area contributed by atoms with Gasteiger partial charge in [0, 0.05) is 28.3 Å². The molecule has 2 nitrogen and oxygen atoms in total. The van der Waals surface area contributed by atoms with Crippen LogP contribution in [0, 0.1) is 0 Å². The molecular formula is C14H22ClNOS. The molecule has 1 aromatic carbocycles. The van der Waals surface area contributed by atoms with Gasteiger partial charge >= 0.3 is 0 Å². The molecule has 0 bridgehead atoms. The molecule has 0 aliphatic carbocycles. The summed E-state index contributed by atoms with van der Waals surface area (Å²) in [5.41, 5.74) is 1.17. The summed E-state index contributed by atoms with van der Waals surface area (Å²) >= 11 is 8.05. The summed E-state index contributed by atoms with van der Waals surface area (Å²) in [4.78, 5) is 1.21. The Morgan fingerprint density at radius 1 is 1.44 bits per heavy atom.